The highest BCUT2D eigenvalue weighted by atomic mass is 16.5. The molecule has 0 aliphatic heterocycles. The minimum absolute atomic E-state index is 0.632. The topological polar surface area (TPSA) is 18.5 Å². The maximum absolute atomic E-state index is 5.61. The number of hydrogen-bond acceptors (Lipinski definition) is 2. The third-order valence-electron chi connectivity index (χ3n) is 1.98. The van der Waals surface area contributed by atoms with E-state index in [1.807, 2.05) is 25.1 Å². The van der Waals surface area contributed by atoms with E-state index in [9.17, 15) is 0 Å². The van der Waals surface area contributed by atoms with E-state index in [4.69, 9.17) is 9.47 Å². The van der Waals surface area contributed by atoms with Crippen LogP contribution in [0.25, 0.3) is 6.08 Å². The predicted octanol–water partition coefficient (Wildman–Crippen LogP) is 3.52. The second-order valence-corrected chi connectivity index (χ2v) is 3.16. The molecule has 0 aliphatic carbocycles. The highest BCUT2D eigenvalue weighted by Crippen LogP contribution is 2.32. The molecular formula is C13H18O2. The van der Waals surface area contributed by atoms with Crippen LogP contribution in [-0.4, -0.2) is 13.2 Å². The summed E-state index contributed by atoms with van der Waals surface area (Å²) in [5.41, 5.74) is 0.977. The van der Waals surface area contributed by atoms with E-state index >= 15 is 0 Å². The zero-order valence-corrected chi connectivity index (χ0v) is 9.45. The summed E-state index contributed by atoms with van der Waals surface area (Å²) >= 11 is 0. The van der Waals surface area contributed by atoms with Gasteiger partial charge in [0.05, 0.1) is 13.2 Å². The molecule has 0 aromatic heterocycles. The van der Waals surface area contributed by atoms with E-state index in [0.717, 1.165) is 23.5 Å². The Morgan fingerprint density at radius 1 is 1.27 bits per heavy atom. The first kappa shape index (κ1) is 11.6. The molecule has 1 aromatic carbocycles. The highest BCUT2D eigenvalue weighted by Gasteiger charge is 2.07. The molecule has 0 unspecified atom stereocenters. The molecule has 0 spiro atoms. The van der Waals surface area contributed by atoms with Crippen molar-refractivity contribution in [2.45, 2.75) is 20.3 Å². The number of para-hydroxylation sites is 1. The smallest absolute Gasteiger partial charge is 0.168 e. The third kappa shape index (κ3) is 3.01. The first-order valence-corrected chi connectivity index (χ1v) is 5.34. The Kier molecular flexibility index (Phi) is 4.75. The van der Waals surface area contributed by atoms with E-state index in [2.05, 4.69) is 13.5 Å². The standard InChI is InChI=1S/C13H18O2/c1-4-10-15-12-9-7-8-11(5-2)13(12)14-6-3/h5,7-9H,2,4,6,10H2,1,3H3. The molecule has 2 nitrogen and oxygen atoms in total. The summed E-state index contributed by atoms with van der Waals surface area (Å²) in [5.74, 6) is 1.60. The van der Waals surface area contributed by atoms with E-state index < -0.39 is 0 Å². The normalized spacial score (nSPS) is 9.73. The van der Waals surface area contributed by atoms with Crippen LogP contribution in [0.3, 0.4) is 0 Å². The van der Waals surface area contributed by atoms with Gasteiger partial charge in [0.15, 0.2) is 11.5 Å². The van der Waals surface area contributed by atoms with E-state index in [-0.39, 0.29) is 0 Å². The molecule has 0 atom stereocenters. The summed E-state index contributed by atoms with van der Waals surface area (Å²) in [6.45, 7) is 9.14. The third-order valence-corrected chi connectivity index (χ3v) is 1.98. The lowest BCUT2D eigenvalue weighted by atomic mass is 10.2. The fourth-order valence-corrected chi connectivity index (χ4v) is 1.32. The summed E-state index contributed by atoms with van der Waals surface area (Å²) < 4.78 is 11.2. The van der Waals surface area contributed by atoms with Gasteiger partial charge in [-0.05, 0) is 19.4 Å². The molecule has 0 heterocycles. The Labute approximate surface area is 91.5 Å². The molecule has 15 heavy (non-hydrogen) atoms. The van der Waals surface area contributed by atoms with Crippen molar-refractivity contribution in [3.63, 3.8) is 0 Å². The molecule has 0 aliphatic rings. The van der Waals surface area contributed by atoms with Crippen molar-refractivity contribution in [2.24, 2.45) is 0 Å². The van der Waals surface area contributed by atoms with E-state index in [0.29, 0.717) is 13.2 Å². The Morgan fingerprint density at radius 3 is 2.67 bits per heavy atom. The van der Waals surface area contributed by atoms with Crippen molar-refractivity contribution in [1.82, 2.24) is 0 Å². The van der Waals surface area contributed by atoms with Crippen LogP contribution in [0.4, 0.5) is 0 Å². The van der Waals surface area contributed by atoms with Gasteiger partial charge < -0.3 is 9.47 Å². The van der Waals surface area contributed by atoms with Gasteiger partial charge in [-0.3, -0.25) is 0 Å². The molecular weight excluding hydrogens is 188 g/mol. The van der Waals surface area contributed by atoms with Crippen molar-refractivity contribution < 1.29 is 9.47 Å². The van der Waals surface area contributed by atoms with Gasteiger partial charge in [0.25, 0.3) is 0 Å². The SMILES string of the molecule is C=Cc1cccc(OCCC)c1OCC. The Bertz CT molecular complexity index is 318. The van der Waals surface area contributed by atoms with Crippen LogP contribution in [-0.2, 0) is 0 Å². The lowest BCUT2D eigenvalue weighted by Crippen LogP contribution is -2.01. The van der Waals surface area contributed by atoms with E-state index in [1.165, 1.54) is 0 Å². The second-order valence-electron chi connectivity index (χ2n) is 3.16. The van der Waals surface area contributed by atoms with Gasteiger partial charge >= 0.3 is 0 Å². The number of benzene rings is 1. The lowest BCUT2D eigenvalue weighted by molar-refractivity contribution is 0.276. The van der Waals surface area contributed by atoms with Crippen LogP contribution >= 0.6 is 0 Å². The fraction of sp³-hybridized carbons (Fsp3) is 0.385. The quantitative estimate of drug-likeness (QED) is 0.709. The average molecular weight is 206 g/mol. The zero-order valence-electron chi connectivity index (χ0n) is 9.45. The van der Waals surface area contributed by atoms with Crippen molar-refractivity contribution in [3.05, 3.63) is 30.3 Å². The van der Waals surface area contributed by atoms with Crippen LogP contribution in [0.1, 0.15) is 25.8 Å². The van der Waals surface area contributed by atoms with E-state index in [1.54, 1.807) is 6.08 Å². The zero-order chi connectivity index (χ0) is 11.1. The monoisotopic (exact) mass is 206 g/mol. The fourth-order valence-electron chi connectivity index (χ4n) is 1.32. The van der Waals surface area contributed by atoms with Crippen molar-refractivity contribution in [3.8, 4) is 11.5 Å². The molecule has 1 rings (SSSR count). The number of hydrogen-bond donors (Lipinski definition) is 0. The van der Waals surface area contributed by atoms with Crippen LogP contribution in [0, 0.1) is 0 Å². The Balaban J connectivity index is 2.95. The maximum atomic E-state index is 5.61. The van der Waals surface area contributed by atoms with Crippen molar-refractivity contribution in [1.29, 1.82) is 0 Å². The van der Waals surface area contributed by atoms with Gasteiger partial charge in [-0.1, -0.05) is 31.7 Å². The summed E-state index contributed by atoms with van der Waals surface area (Å²) in [4.78, 5) is 0. The summed E-state index contributed by atoms with van der Waals surface area (Å²) in [7, 11) is 0. The second kappa shape index (κ2) is 6.12. The first-order valence-electron chi connectivity index (χ1n) is 5.34. The van der Waals surface area contributed by atoms with Crippen molar-refractivity contribution >= 4 is 6.08 Å². The number of rotatable bonds is 6. The molecule has 0 N–H and O–H groups in total. The van der Waals surface area contributed by atoms with Crippen LogP contribution in [0.5, 0.6) is 11.5 Å². The Morgan fingerprint density at radius 2 is 2.07 bits per heavy atom. The molecule has 0 amide bonds. The van der Waals surface area contributed by atoms with Crippen LogP contribution in [0.2, 0.25) is 0 Å². The lowest BCUT2D eigenvalue weighted by Gasteiger charge is -2.13. The summed E-state index contributed by atoms with van der Waals surface area (Å²) in [6, 6.07) is 5.84. The van der Waals surface area contributed by atoms with Crippen LogP contribution < -0.4 is 9.47 Å². The largest absolute Gasteiger partial charge is 0.490 e. The molecule has 0 saturated heterocycles. The average Bonchev–Trinajstić information content (AvgIpc) is 2.28. The first-order chi connectivity index (χ1) is 7.33. The summed E-state index contributed by atoms with van der Waals surface area (Å²) in [6.07, 6.45) is 2.77. The molecule has 2 heteroatoms. The van der Waals surface area contributed by atoms with Gasteiger partial charge in [0.2, 0.25) is 0 Å². The van der Waals surface area contributed by atoms with Gasteiger partial charge in [-0.25, -0.2) is 0 Å². The number of ether oxygens (including phenoxy) is 2. The van der Waals surface area contributed by atoms with Crippen molar-refractivity contribution in [2.75, 3.05) is 13.2 Å². The summed E-state index contributed by atoms with van der Waals surface area (Å²) in [5, 5.41) is 0. The molecule has 0 bridgehead atoms. The molecule has 0 radical (unpaired) electrons. The highest BCUT2D eigenvalue weighted by molar-refractivity contribution is 5.61. The van der Waals surface area contributed by atoms with Gasteiger partial charge in [0, 0.05) is 5.56 Å². The Hall–Kier alpha value is -1.44. The molecule has 0 saturated carbocycles. The van der Waals surface area contributed by atoms with Gasteiger partial charge in [-0.2, -0.15) is 0 Å². The molecule has 0 fully saturated rings. The minimum Gasteiger partial charge on any atom is -0.490 e. The predicted molar refractivity (Wildman–Crippen MR) is 63.5 cm³/mol. The maximum Gasteiger partial charge on any atom is 0.168 e. The van der Waals surface area contributed by atoms with Gasteiger partial charge in [0.1, 0.15) is 0 Å². The minimum atomic E-state index is 0.632. The molecule has 1 aromatic rings. The van der Waals surface area contributed by atoms with Gasteiger partial charge in [-0.15, -0.1) is 0 Å². The molecule has 82 valence electrons. The van der Waals surface area contributed by atoms with Crippen LogP contribution in [0.15, 0.2) is 24.8 Å².